The predicted molar refractivity (Wildman–Crippen MR) is 51.8 cm³/mol. The van der Waals surface area contributed by atoms with E-state index < -0.39 is 0 Å². The molecule has 2 unspecified atom stereocenters. The largest absolute Gasteiger partial charge is 0.472 e. The third-order valence-electron chi connectivity index (χ3n) is 3.25. The predicted octanol–water partition coefficient (Wildman–Crippen LogP) is 1.69. The summed E-state index contributed by atoms with van der Waals surface area (Å²) >= 11 is 0. The van der Waals surface area contributed by atoms with Crippen molar-refractivity contribution >= 4 is 0 Å². The summed E-state index contributed by atoms with van der Waals surface area (Å²) in [6.07, 6.45) is 8.17. The first kappa shape index (κ1) is 8.50. The minimum absolute atomic E-state index is 0.465. The molecule has 0 saturated carbocycles. The molecule has 76 valence electrons. The van der Waals surface area contributed by atoms with Crippen LogP contribution >= 0.6 is 0 Å². The molecular weight excluding hydrogens is 178 g/mol. The summed E-state index contributed by atoms with van der Waals surface area (Å²) in [4.78, 5) is 0. The second-order valence-corrected chi connectivity index (χ2v) is 4.23. The number of nitrogens with one attached hydrogen (secondary N) is 1. The Labute approximate surface area is 83.4 Å². The Morgan fingerprint density at radius 1 is 1.43 bits per heavy atom. The first-order valence-electron chi connectivity index (χ1n) is 5.32. The Balaban J connectivity index is 1.54. The average molecular weight is 193 g/mol. The van der Waals surface area contributed by atoms with Crippen molar-refractivity contribution in [3.05, 3.63) is 24.2 Å². The van der Waals surface area contributed by atoms with E-state index in [2.05, 4.69) is 5.32 Å². The SMILES string of the molecule is c1cc(CN[C@H]2CC3CCC2O3)co1. The molecule has 2 saturated heterocycles. The lowest BCUT2D eigenvalue weighted by Gasteiger charge is -2.19. The molecule has 3 heterocycles. The van der Waals surface area contributed by atoms with E-state index in [1.165, 1.54) is 24.8 Å². The van der Waals surface area contributed by atoms with Crippen LogP contribution in [0.3, 0.4) is 0 Å². The highest BCUT2D eigenvalue weighted by atomic mass is 16.5. The van der Waals surface area contributed by atoms with Crippen LogP contribution in [-0.4, -0.2) is 18.2 Å². The maximum Gasteiger partial charge on any atom is 0.0947 e. The van der Waals surface area contributed by atoms with Crippen LogP contribution in [0, 0.1) is 0 Å². The molecule has 3 rings (SSSR count). The van der Waals surface area contributed by atoms with E-state index in [0.29, 0.717) is 18.2 Å². The second-order valence-electron chi connectivity index (χ2n) is 4.23. The topological polar surface area (TPSA) is 34.4 Å². The van der Waals surface area contributed by atoms with Crippen molar-refractivity contribution < 1.29 is 9.15 Å². The first-order chi connectivity index (χ1) is 6.92. The number of ether oxygens (including phenoxy) is 1. The van der Waals surface area contributed by atoms with Crippen molar-refractivity contribution in [2.24, 2.45) is 0 Å². The van der Waals surface area contributed by atoms with Gasteiger partial charge in [-0.2, -0.15) is 0 Å². The minimum atomic E-state index is 0.465. The van der Waals surface area contributed by atoms with Crippen molar-refractivity contribution in [2.45, 2.75) is 44.1 Å². The van der Waals surface area contributed by atoms with Crippen LogP contribution in [0.25, 0.3) is 0 Å². The maximum atomic E-state index is 5.77. The lowest BCUT2D eigenvalue weighted by molar-refractivity contribution is 0.0973. The number of rotatable bonds is 3. The van der Waals surface area contributed by atoms with Crippen LogP contribution in [0.1, 0.15) is 24.8 Å². The maximum absolute atomic E-state index is 5.77. The molecule has 2 fully saturated rings. The first-order valence-corrected chi connectivity index (χ1v) is 5.32. The fraction of sp³-hybridized carbons (Fsp3) is 0.636. The van der Waals surface area contributed by atoms with Gasteiger partial charge in [0, 0.05) is 18.2 Å². The van der Waals surface area contributed by atoms with Crippen LogP contribution in [0.5, 0.6) is 0 Å². The lowest BCUT2D eigenvalue weighted by atomic mass is 9.95. The van der Waals surface area contributed by atoms with Crippen molar-refractivity contribution in [3.8, 4) is 0 Å². The highest BCUT2D eigenvalue weighted by Gasteiger charge is 2.40. The van der Waals surface area contributed by atoms with Crippen molar-refractivity contribution in [2.75, 3.05) is 0 Å². The van der Waals surface area contributed by atoms with Gasteiger partial charge in [-0.1, -0.05) is 0 Å². The highest BCUT2D eigenvalue weighted by Crippen LogP contribution is 2.34. The van der Waals surface area contributed by atoms with E-state index in [-0.39, 0.29) is 0 Å². The van der Waals surface area contributed by atoms with E-state index in [1.807, 2.05) is 6.07 Å². The molecule has 1 aromatic heterocycles. The molecule has 2 aliphatic rings. The van der Waals surface area contributed by atoms with Crippen LogP contribution in [0.4, 0.5) is 0 Å². The van der Waals surface area contributed by atoms with Gasteiger partial charge in [0.15, 0.2) is 0 Å². The molecule has 0 amide bonds. The van der Waals surface area contributed by atoms with Crippen LogP contribution < -0.4 is 5.32 Å². The van der Waals surface area contributed by atoms with Gasteiger partial charge in [-0.3, -0.25) is 0 Å². The zero-order chi connectivity index (χ0) is 9.38. The molecule has 2 aliphatic heterocycles. The molecule has 1 N–H and O–H groups in total. The zero-order valence-corrected chi connectivity index (χ0v) is 8.11. The quantitative estimate of drug-likeness (QED) is 0.793. The number of hydrogen-bond donors (Lipinski definition) is 1. The Morgan fingerprint density at radius 2 is 2.43 bits per heavy atom. The highest BCUT2D eigenvalue weighted by molar-refractivity contribution is 5.05. The smallest absolute Gasteiger partial charge is 0.0947 e. The van der Waals surface area contributed by atoms with E-state index in [0.717, 1.165) is 6.54 Å². The van der Waals surface area contributed by atoms with Gasteiger partial charge < -0.3 is 14.5 Å². The molecule has 2 bridgehead atoms. The van der Waals surface area contributed by atoms with Gasteiger partial charge in [0.2, 0.25) is 0 Å². The summed E-state index contributed by atoms with van der Waals surface area (Å²) in [6.45, 7) is 0.897. The molecule has 0 aliphatic carbocycles. The zero-order valence-electron chi connectivity index (χ0n) is 8.11. The Bertz CT molecular complexity index is 296. The summed E-state index contributed by atoms with van der Waals surface area (Å²) in [5.74, 6) is 0. The van der Waals surface area contributed by atoms with Gasteiger partial charge >= 0.3 is 0 Å². The van der Waals surface area contributed by atoms with Crippen LogP contribution in [0.15, 0.2) is 23.0 Å². The van der Waals surface area contributed by atoms with Crippen molar-refractivity contribution in [1.82, 2.24) is 5.32 Å². The molecule has 3 atom stereocenters. The van der Waals surface area contributed by atoms with E-state index in [9.17, 15) is 0 Å². The van der Waals surface area contributed by atoms with Gasteiger partial charge in [-0.15, -0.1) is 0 Å². The summed E-state index contributed by atoms with van der Waals surface area (Å²) in [5.41, 5.74) is 1.22. The molecule has 14 heavy (non-hydrogen) atoms. The standard InChI is InChI=1S/C11H15NO2/c1-2-11-10(5-9(1)14-11)12-6-8-3-4-13-7-8/h3-4,7,9-12H,1-2,5-6H2/t9?,10-,11?/m0/s1. The Morgan fingerprint density at radius 3 is 3.07 bits per heavy atom. The molecule has 1 aromatic rings. The fourth-order valence-corrected chi connectivity index (χ4v) is 2.49. The summed E-state index contributed by atoms with van der Waals surface area (Å²) < 4.78 is 10.8. The molecule has 3 nitrogen and oxygen atoms in total. The van der Waals surface area contributed by atoms with Gasteiger partial charge in [0.1, 0.15) is 0 Å². The van der Waals surface area contributed by atoms with Crippen molar-refractivity contribution in [3.63, 3.8) is 0 Å². The van der Waals surface area contributed by atoms with Gasteiger partial charge in [-0.25, -0.2) is 0 Å². The van der Waals surface area contributed by atoms with Gasteiger partial charge in [-0.05, 0) is 25.3 Å². The summed E-state index contributed by atoms with van der Waals surface area (Å²) in [7, 11) is 0. The second kappa shape index (κ2) is 3.41. The van der Waals surface area contributed by atoms with Crippen LogP contribution in [-0.2, 0) is 11.3 Å². The molecular formula is C11H15NO2. The van der Waals surface area contributed by atoms with Crippen molar-refractivity contribution in [1.29, 1.82) is 0 Å². The van der Waals surface area contributed by atoms with Crippen LogP contribution in [0.2, 0.25) is 0 Å². The molecule has 3 heteroatoms. The number of fused-ring (bicyclic) bond motifs is 2. The van der Waals surface area contributed by atoms with Gasteiger partial charge in [0.25, 0.3) is 0 Å². The molecule has 0 radical (unpaired) electrons. The Hall–Kier alpha value is -0.800. The molecule has 0 spiro atoms. The molecule has 0 aromatic carbocycles. The normalized spacial score (nSPS) is 35.3. The number of furan rings is 1. The Kier molecular flexibility index (Phi) is 2.07. The summed E-state index contributed by atoms with van der Waals surface area (Å²) in [5, 5.41) is 3.53. The van der Waals surface area contributed by atoms with E-state index in [1.54, 1.807) is 12.5 Å². The average Bonchev–Trinajstić information content (AvgIpc) is 2.91. The fourth-order valence-electron chi connectivity index (χ4n) is 2.49. The number of hydrogen-bond acceptors (Lipinski definition) is 3. The van der Waals surface area contributed by atoms with Gasteiger partial charge in [0.05, 0.1) is 24.7 Å². The monoisotopic (exact) mass is 193 g/mol. The third kappa shape index (κ3) is 1.47. The van der Waals surface area contributed by atoms with E-state index in [4.69, 9.17) is 9.15 Å². The van der Waals surface area contributed by atoms with E-state index >= 15 is 0 Å². The summed E-state index contributed by atoms with van der Waals surface area (Å²) in [6, 6.07) is 2.56. The third-order valence-corrected chi connectivity index (χ3v) is 3.25. The minimum Gasteiger partial charge on any atom is -0.472 e. The lowest BCUT2D eigenvalue weighted by Crippen LogP contribution is -2.36.